The largest absolute Gasteiger partial charge is 0.484 e. The highest BCUT2D eigenvalue weighted by Crippen LogP contribution is 2.65. The molecule has 66 heavy (non-hydrogen) atoms. The Balaban J connectivity index is 0.913. The van der Waals surface area contributed by atoms with Gasteiger partial charge in [-0.15, -0.1) is 11.3 Å². The first kappa shape index (κ1) is 37.4. The molecule has 2 aliphatic carbocycles. The van der Waals surface area contributed by atoms with Crippen molar-refractivity contribution in [3.05, 3.63) is 258 Å². The zero-order chi connectivity index (χ0) is 43.3. The first-order chi connectivity index (χ1) is 32.7. The molecule has 11 aromatic rings. The maximum Gasteiger partial charge on any atom is 0.132 e. The van der Waals surface area contributed by atoms with Gasteiger partial charge in [0, 0.05) is 59.7 Å². The zero-order valence-electron chi connectivity index (χ0n) is 35.9. The second kappa shape index (κ2) is 14.5. The number of benzene rings is 10. The number of anilines is 3. The fourth-order valence-electron chi connectivity index (χ4n) is 11.6. The minimum Gasteiger partial charge on any atom is -0.484 e. The highest BCUT2D eigenvalue weighted by atomic mass is 32.1. The molecule has 1 spiro atoms. The van der Waals surface area contributed by atoms with Crippen molar-refractivity contribution >= 4 is 65.4 Å². The van der Waals surface area contributed by atoms with E-state index in [1.807, 2.05) is 11.3 Å². The van der Waals surface area contributed by atoms with Gasteiger partial charge >= 0.3 is 0 Å². The number of hydrogen-bond acceptors (Lipinski definition) is 3. The molecule has 2 nitrogen and oxygen atoms in total. The SMILES string of the molecule is C1=CC2C(Oc3c(ccc4ccccc34)C23c2ccccc2-c2cc(-c4ccc(N(c5cccc(-c6ccccc6)c5)c5ccc6sc7ccccc7c6c5)cc4)ccc23)c2ccccc21. The summed E-state index contributed by atoms with van der Waals surface area (Å²) in [4.78, 5) is 2.41. The third kappa shape index (κ3) is 5.47. The van der Waals surface area contributed by atoms with E-state index in [0.29, 0.717) is 0 Å². The molecule has 310 valence electrons. The van der Waals surface area contributed by atoms with Crippen LogP contribution in [0, 0.1) is 5.92 Å². The van der Waals surface area contributed by atoms with E-state index in [0.717, 1.165) is 28.2 Å². The Morgan fingerprint density at radius 1 is 0.424 bits per heavy atom. The van der Waals surface area contributed by atoms with Gasteiger partial charge in [0.05, 0.1) is 5.41 Å². The predicted octanol–water partition coefficient (Wildman–Crippen LogP) is 17.1. The lowest BCUT2D eigenvalue weighted by molar-refractivity contribution is 0.105. The highest BCUT2D eigenvalue weighted by Gasteiger charge is 2.57. The molecule has 3 atom stereocenters. The van der Waals surface area contributed by atoms with E-state index in [1.165, 1.54) is 86.8 Å². The number of nitrogens with zero attached hydrogens (tertiary/aromatic N) is 1. The monoisotopic (exact) mass is 859 g/mol. The lowest BCUT2D eigenvalue weighted by atomic mass is 9.58. The molecule has 1 aliphatic heterocycles. The van der Waals surface area contributed by atoms with Gasteiger partial charge in [-0.2, -0.15) is 0 Å². The average Bonchev–Trinajstić information content (AvgIpc) is 3.90. The molecule has 14 rings (SSSR count). The summed E-state index contributed by atoms with van der Waals surface area (Å²) < 4.78 is 9.90. The molecule has 3 heteroatoms. The summed E-state index contributed by atoms with van der Waals surface area (Å²) in [7, 11) is 0. The molecule has 0 saturated heterocycles. The molecule has 0 amide bonds. The van der Waals surface area contributed by atoms with Crippen molar-refractivity contribution in [3.63, 3.8) is 0 Å². The molecule has 0 bridgehead atoms. The third-order valence-electron chi connectivity index (χ3n) is 14.5. The van der Waals surface area contributed by atoms with Crippen LogP contribution >= 0.6 is 11.3 Å². The Labute approximate surface area is 388 Å². The van der Waals surface area contributed by atoms with Gasteiger partial charge in [-0.3, -0.25) is 0 Å². The van der Waals surface area contributed by atoms with Crippen LogP contribution < -0.4 is 9.64 Å². The molecule has 0 saturated carbocycles. The van der Waals surface area contributed by atoms with Gasteiger partial charge in [-0.05, 0) is 110 Å². The van der Waals surface area contributed by atoms with Crippen molar-refractivity contribution in [2.45, 2.75) is 11.5 Å². The lowest BCUT2D eigenvalue weighted by Crippen LogP contribution is -2.45. The van der Waals surface area contributed by atoms with Crippen molar-refractivity contribution in [2.75, 3.05) is 4.90 Å². The molecule has 1 aromatic heterocycles. The van der Waals surface area contributed by atoms with Crippen LogP contribution in [0.25, 0.3) is 70.4 Å². The van der Waals surface area contributed by atoms with E-state index in [-0.39, 0.29) is 12.0 Å². The van der Waals surface area contributed by atoms with Crippen molar-refractivity contribution < 1.29 is 4.74 Å². The Bertz CT molecular complexity index is 3770. The molecule has 3 aliphatic rings. The maximum absolute atomic E-state index is 7.29. The fraction of sp³-hybridized carbons (Fsp3) is 0.0476. The number of hydrogen-bond donors (Lipinski definition) is 0. The third-order valence-corrected chi connectivity index (χ3v) is 15.7. The first-order valence-corrected chi connectivity index (χ1v) is 23.7. The lowest BCUT2D eigenvalue weighted by Gasteiger charge is -2.49. The van der Waals surface area contributed by atoms with Crippen molar-refractivity contribution in [1.29, 1.82) is 0 Å². The average molecular weight is 860 g/mol. The van der Waals surface area contributed by atoms with E-state index < -0.39 is 5.41 Å². The number of ether oxygens (including phenoxy) is 1. The van der Waals surface area contributed by atoms with Crippen LogP contribution in [0.3, 0.4) is 0 Å². The Kier molecular flexibility index (Phi) is 8.23. The molecule has 2 heterocycles. The van der Waals surface area contributed by atoms with Gasteiger partial charge in [0.2, 0.25) is 0 Å². The minimum atomic E-state index is -0.454. The molecule has 0 N–H and O–H groups in total. The smallest absolute Gasteiger partial charge is 0.132 e. The van der Waals surface area contributed by atoms with Crippen molar-refractivity contribution in [3.8, 4) is 39.1 Å². The number of fused-ring (bicyclic) bond motifs is 16. The van der Waals surface area contributed by atoms with Gasteiger partial charge in [-0.25, -0.2) is 0 Å². The van der Waals surface area contributed by atoms with Crippen molar-refractivity contribution in [2.24, 2.45) is 5.92 Å². The van der Waals surface area contributed by atoms with E-state index in [9.17, 15) is 0 Å². The highest BCUT2D eigenvalue weighted by molar-refractivity contribution is 7.25. The van der Waals surface area contributed by atoms with Crippen LogP contribution in [0.5, 0.6) is 5.75 Å². The Hall–Kier alpha value is -7.98. The molecular formula is C63H41NOS. The van der Waals surface area contributed by atoms with Crippen LogP contribution in [0.2, 0.25) is 0 Å². The van der Waals surface area contributed by atoms with Crippen molar-refractivity contribution in [1.82, 2.24) is 0 Å². The molecule has 0 fully saturated rings. The van der Waals surface area contributed by atoms with Crippen LogP contribution in [-0.2, 0) is 5.41 Å². The van der Waals surface area contributed by atoms with Crippen LogP contribution in [0.15, 0.2) is 231 Å². The summed E-state index contributed by atoms with van der Waals surface area (Å²) in [5, 5.41) is 4.93. The van der Waals surface area contributed by atoms with Gasteiger partial charge in [0.25, 0.3) is 0 Å². The fourth-order valence-corrected chi connectivity index (χ4v) is 12.7. The molecule has 10 aromatic carbocycles. The summed E-state index contributed by atoms with van der Waals surface area (Å²) in [6, 6.07) is 82.9. The second-order valence-corrected chi connectivity index (χ2v) is 19.0. The van der Waals surface area contributed by atoms with Crippen LogP contribution in [0.1, 0.15) is 33.9 Å². The van der Waals surface area contributed by atoms with E-state index in [4.69, 9.17) is 4.74 Å². The Morgan fingerprint density at radius 3 is 2.02 bits per heavy atom. The van der Waals surface area contributed by atoms with E-state index in [2.05, 4.69) is 242 Å². The summed E-state index contributed by atoms with van der Waals surface area (Å²) in [5.41, 5.74) is 16.6. The summed E-state index contributed by atoms with van der Waals surface area (Å²) >= 11 is 1.86. The standard InChI is InChI=1S/C63H41NOS/c1-2-13-40(14-3-1)44-17-12-18-47(37-44)64(48-32-36-60-54(39-48)52-22-9-11-24-59(52)66-60)46-30-25-41(26-31-46)45-29-33-56-53(38-45)51-21-8-10-23-55(51)63(56)57-34-27-42-15-4-6-19-49(42)61(57)65-62-50-20-7-5-16-43(50)28-35-58(62)63/h1-39,57,61H. The summed E-state index contributed by atoms with van der Waals surface area (Å²) in [6.07, 6.45) is 4.61. The molecular weight excluding hydrogens is 819 g/mol. The summed E-state index contributed by atoms with van der Waals surface area (Å²) in [5.74, 6) is 1.04. The predicted molar refractivity (Wildman–Crippen MR) is 276 cm³/mol. The molecule has 0 radical (unpaired) electrons. The normalized spacial score (nSPS) is 17.5. The Morgan fingerprint density at radius 2 is 1.09 bits per heavy atom. The quantitative estimate of drug-likeness (QED) is 0.171. The van der Waals surface area contributed by atoms with E-state index in [1.54, 1.807) is 0 Å². The van der Waals surface area contributed by atoms with Crippen LogP contribution in [0.4, 0.5) is 17.1 Å². The van der Waals surface area contributed by atoms with Gasteiger partial charge in [-0.1, -0.05) is 182 Å². The topological polar surface area (TPSA) is 12.5 Å². The first-order valence-electron chi connectivity index (χ1n) is 22.9. The number of thiophene rings is 1. The minimum absolute atomic E-state index is 0.0475. The zero-order valence-corrected chi connectivity index (χ0v) is 36.8. The second-order valence-electron chi connectivity index (χ2n) is 17.9. The van der Waals surface area contributed by atoms with Gasteiger partial charge in [0.1, 0.15) is 11.9 Å². The van der Waals surface area contributed by atoms with Gasteiger partial charge < -0.3 is 9.64 Å². The summed E-state index contributed by atoms with van der Waals surface area (Å²) in [6.45, 7) is 0. The van der Waals surface area contributed by atoms with Gasteiger partial charge in [0.15, 0.2) is 0 Å². The number of rotatable bonds is 5. The van der Waals surface area contributed by atoms with Crippen LogP contribution in [-0.4, -0.2) is 0 Å². The molecule has 3 unspecified atom stereocenters. The maximum atomic E-state index is 7.29. The van der Waals surface area contributed by atoms with E-state index >= 15 is 0 Å².